The predicted molar refractivity (Wildman–Crippen MR) is 201 cm³/mol. The molecule has 7 aromatic rings. The number of hydrogen-bond acceptors (Lipinski definition) is 4. The topological polar surface area (TPSA) is 31.2 Å². The standard InChI is InChI=1S/C44H32N4.Pt/c1-5-19-37(20-6-1)47(38-21-7-2-8-22-38)41-27-15-17-35(31-41)33-45-43-29-13-14-30-44(43)46-34-36-18-16-28-42(32-36)48(39-23-9-3-10-24-39)40-25-11-4-12-26-40;/h1-16,19-34H;/q-2;+2. The van der Waals surface area contributed by atoms with Crippen LogP contribution in [0.15, 0.2) is 192 Å². The summed E-state index contributed by atoms with van der Waals surface area (Å²) in [5.41, 5.74) is 9.62. The minimum absolute atomic E-state index is 0. The van der Waals surface area contributed by atoms with Gasteiger partial charge in [0.05, 0.1) is 11.4 Å². The first-order chi connectivity index (χ1) is 23.8. The van der Waals surface area contributed by atoms with E-state index in [1.54, 1.807) is 0 Å². The Bertz CT molecular complexity index is 1900. The van der Waals surface area contributed by atoms with Crippen molar-refractivity contribution < 1.29 is 21.1 Å². The molecule has 0 N–H and O–H groups in total. The van der Waals surface area contributed by atoms with Crippen molar-refractivity contribution >= 4 is 57.9 Å². The number of hydrogen-bond donors (Lipinski definition) is 0. The van der Waals surface area contributed by atoms with Crippen molar-refractivity contribution in [1.82, 2.24) is 0 Å². The van der Waals surface area contributed by atoms with Gasteiger partial charge in [0.15, 0.2) is 0 Å². The molecule has 0 atom stereocenters. The molecule has 0 aliphatic carbocycles. The van der Waals surface area contributed by atoms with E-state index >= 15 is 0 Å². The molecule has 0 saturated heterocycles. The molecule has 5 heteroatoms. The molecule has 0 radical (unpaired) electrons. The van der Waals surface area contributed by atoms with Crippen molar-refractivity contribution in [2.75, 3.05) is 9.80 Å². The number of aliphatic imine (C=N–C) groups is 2. The minimum Gasteiger partial charge on any atom is -0.328 e. The van der Waals surface area contributed by atoms with Crippen LogP contribution in [0.2, 0.25) is 0 Å². The molecule has 0 aliphatic heterocycles. The normalized spacial score (nSPS) is 10.9. The van der Waals surface area contributed by atoms with Gasteiger partial charge in [0, 0.05) is 22.7 Å². The fourth-order valence-electron chi connectivity index (χ4n) is 5.54. The number of para-hydroxylation sites is 6. The summed E-state index contributed by atoms with van der Waals surface area (Å²) in [6.45, 7) is 0. The Morgan fingerprint density at radius 2 is 0.673 bits per heavy atom. The Balaban J connectivity index is 0.00000417. The van der Waals surface area contributed by atoms with E-state index in [1.807, 2.05) is 73.1 Å². The minimum atomic E-state index is 0. The first kappa shape index (κ1) is 33.1. The Morgan fingerprint density at radius 1 is 0.367 bits per heavy atom. The summed E-state index contributed by atoms with van der Waals surface area (Å²) in [5.74, 6) is 0. The van der Waals surface area contributed by atoms with E-state index in [0.29, 0.717) is 0 Å². The summed E-state index contributed by atoms with van der Waals surface area (Å²) in [5, 5.41) is 0. The maximum Gasteiger partial charge on any atom is 2.00 e. The molecule has 0 heterocycles. The molecule has 0 fully saturated rings. The van der Waals surface area contributed by atoms with Gasteiger partial charge >= 0.3 is 21.1 Å². The number of rotatable bonds is 10. The van der Waals surface area contributed by atoms with E-state index in [4.69, 9.17) is 9.98 Å². The van der Waals surface area contributed by atoms with Crippen LogP contribution in [0.5, 0.6) is 0 Å². The second-order valence-electron chi connectivity index (χ2n) is 11.0. The molecule has 0 aliphatic rings. The number of anilines is 6. The zero-order valence-corrected chi connectivity index (χ0v) is 28.9. The average molecular weight is 812 g/mol. The van der Waals surface area contributed by atoms with Gasteiger partial charge in [-0.2, -0.15) is 0 Å². The molecule has 238 valence electrons. The Kier molecular flexibility index (Phi) is 11.0. The molecule has 0 bridgehead atoms. The average Bonchev–Trinajstić information content (AvgIpc) is 3.16. The van der Waals surface area contributed by atoms with E-state index in [9.17, 15) is 0 Å². The van der Waals surface area contributed by atoms with Crippen LogP contribution in [0.3, 0.4) is 0 Å². The van der Waals surface area contributed by atoms with E-state index in [1.165, 1.54) is 0 Å². The molecule has 7 rings (SSSR count). The fraction of sp³-hybridized carbons (Fsp3) is 0. The van der Waals surface area contributed by atoms with Crippen molar-refractivity contribution in [3.8, 4) is 0 Å². The second kappa shape index (κ2) is 16.3. The molecule has 4 nitrogen and oxygen atoms in total. The van der Waals surface area contributed by atoms with E-state index < -0.39 is 0 Å². The summed E-state index contributed by atoms with van der Waals surface area (Å²) in [4.78, 5) is 14.2. The van der Waals surface area contributed by atoms with Gasteiger partial charge in [-0.25, -0.2) is 0 Å². The molecular formula is C44H32N4Pt. The molecule has 0 amide bonds. The van der Waals surface area contributed by atoms with Crippen LogP contribution >= 0.6 is 0 Å². The second-order valence-corrected chi connectivity index (χ2v) is 11.0. The van der Waals surface area contributed by atoms with Crippen LogP contribution in [0, 0.1) is 12.1 Å². The Hall–Kier alpha value is -5.83. The molecule has 0 aromatic heterocycles. The summed E-state index contributed by atoms with van der Waals surface area (Å²) < 4.78 is 0. The van der Waals surface area contributed by atoms with Crippen LogP contribution in [0.25, 0.3) is 0 Å². The van der Waals surface area contributed by atoms with Gasteiger partial charge in [-0.05, 0) is 84.5 Å². The van der Waals surface area contributed by atoms with Crippen molar-refractivity contribution in [3.05, 3.63) is 205 Å². The summed E-state index contributed by atoms with van der Waals surface area (Å²) >= 11 is 0. The van der Waals surface area contributed by atoms with E-state index in [0.717, 1.165) is 56.6 Å². The van der Waals surface area contributed by atoms with Crippen molar-refractivity contribution in [1.29, 1.82) is 0 Å². The maximum atomic E-state index is 4.85. The molecule has 7 aromatic carbocycles. The zero-order chi connectivity index (χ0) is 32.4. The van der Waals surface area contributed by atoms with Crippen LogP contribution in [-0.4, -0.2) is 12.4 Å². The van der Waals surface area contributed by atoms with Crippen LogP contribution in [0.1, 0.15) is 11.1 Å². The first-order valence-electron chi connectivity index (χ1n) is 15.8. The fourth-order valence-corrected chi connectivity index (χ4v) is 5.54. The SMILES string of the molecule is [Pt+2].[c-]1ccc(N(c2ccccc2)c2ccccc2)cc1C=Nc1ccccc1N=Cc1[c-]ccc(N(c2ccccc2)c2ccccc2)c1. The summed E-state index contributed by atoms with van der Waals surface area (Å²) in [6.07, 6.45) is 3.69. The predicted octanol–water partition coefficient (Wildman–Crippen LogP) is 11.7. The molecule has 0 saturated carbocycles. The number of benzene rings is 7. The van der Waals surface area contributed by atoms with Crippen LogP contribution in [0.4, 0.5) is 45.5 Å². The van der Waals surface area contributed by atoms with Crippen molar-refractivity contribution in [3.63, 3.8) is 0 Å². The molecule has 0 unspecified atom stereocenters. The largest absolute Gasteiger partial charge is 2.00 e. The third-order valence-corrected chi connectivity index (χ3v) is 7.76. The third kappa shape index (κ3) is 8.19. The first-order valence-corrected chi connectivity index (χ1v) is 15.8. The van der Waals surface area contributed by atoms with E-state index in [2.05, 4.69) is 143 Å². The van der Waals surface area contributed by atoms with E-state index in [-0.39, 0.29) is 21.1 Å². The summed E-state index contributed by atoms with van der Waals surface area (Å²) in [7, 11) is 0. The van der Waals surface area contributed by atoms with Crippen LogP contribution < -0.4 is 9.80 Å². The summed E-state index contributed by atoms with van der Waals surface area (Å²) in [6, 6.07) is 68.2. The third-order valence-electron chi connectivity index (χ3n) is 7.76. The Labute approximate surface area is 302 Å². The van der Waals surface area contributed by atoms with Crippen molar-refractivity contribution in [2.45, 2.75) is 0 Å². The monoisotopic (exact) mass is 811 g/mol. The van der Waals surface area contributed by atoms with Gasteiger partial charge in [0.1, 0.15) is 0 Å². The quantitative estimate of drug-likeness (QED) is 0.102. The molecule has 49 heavy (non-hydrogen) atoms. The smallest absolute Gasteiger partial charge is 0.328 e. The van der Waals surface area contributed by atoms with Gasteiger partial charge in [0.25, 0.3) is 0 Å². The number of nitrogens with zero attached hydrogens (tertiary/aromatic N) is 4. The zero-order valence-electron chi connectivity index (χ0n) is 26.6. The van der Waals surface area contributed by atoms with Crippen LogP contribution in [-0.2, 0) is 21.1 Å². The van der Waals surface area contributed by atoms with Gasteiger partial charge in [-0.1, -0.05) is 84.9 Å². The Morgan fingerprint density at radius 3 is 1.00 bits per heavy atom. The van der Waals surface area contributed by atoms with Gasteiger partial charge in [-0.15, -0.1) is 59.7 Å². The molecular weight excluding hydrogens is 780 g/mol. The van der Waals surface area contributed by atoms with Gasteiger partial charge < -0.3 is 19.8 Å². The maximum absolute atomic E-state index is 4.85. The van der Waals surface area contributed by atoms with Gasteiger partial charge in [-0.3, -0.25) is 0 Å². The van der Waals surface area contributed by atoms with Gasteiger partial charge in [0.2, 0.25) is 0 Å². The molecule has 0 spiro atoms. The van der Waals surface area contributed by atoms with Crippen molar-refractivity contribution in [2.24, 2.45) is 9.98 Å².